The number of furan rings is 1. The summed E-state index contributed by atoms with van der Waals surface area (Å²) in [7, 11) is 0. The highest BCUT2D eigenvalue weighted by Gasteiger charge is 2.29. The van der Waals surface area contributed by atoms with Crippen LogP contribution in [0.25, 0.3) is 0 Å². The third kappa shape index (κ3) is 3.16. The van der Waals surface area contributed by atoms with Crippen molar-refractivity contribution < 1.29 is 9.21 Å². The molecule has 0 bridgehead atoms. The molecule has 0 radical (unpaired) electrons. The van der Waals surface area contributed by atoms with E-state index >= 15 is 0 Å². The molecule has 0 N–H and O–H groups in total. The summed E-state index contributed by atoms with van der Waals surface area (Å²) in [5.41, 5.74) is 1.32. The van der Waals surface area contributed by atoms with E-state index in [1.165, 1.54) is 5.56 Å². The van der Waals surface area contributed by atoms with E-state index in [9.17, 15) is 4.79 Å². The first-order chi connectivity index (χ1) is 10.2. The van der Waals surface area contributed by atoms with Gasteiger partial charge in [0.15, 0.2) is 5.76 Å². The molecule has 1 amide bonds. The minimum Gasteiger partial charge on any atom is -0.459 e. The Labute approximate surface area is 125 Å². The van der Waals surface area contributed by atoms with E-state index in [2.05, 4.69) is 36.1 Å². The quantitative estimate of drug-likeness (QED) is 0.869. The van der Waals surface area contributed by atoms with Crippen molar-refractivity contribution in [3.05, 3.63) is 60.1 Å². The fraction of sp³-hybridized carbons (Fsp3) is 0.353. The second kappa shape index (κ2) is 6.14. The van der Waals surface area contributed by atoms with Crippen LogP contribution in [-0.4, -0.2) is 41.4 Å². The molecule has 1 atom stereocenters. The highest BCUT2D eigenvalue weighted by atomic mass is 16.3. The van der Waals surface area contributed by atoms with E-state index in [0.717, 1.165) is 26.2 Å². The molecule has 21 heavy (non-hydrogen) atoms. The molecule has 0 saturated carbocycles. The van der Waals surface area contributed by atoms with E-state index in [-0.39, 0.29) is 11.9 Å². The van der Waals surface area contributed by atoms with Gasteiger partial charge in [0.25, 0.3) is 5.91 Å². The van der Waals surface area contributed by atoms with Gasteiger partial charge in [0.2, 0.25) is 0 Å². The normalized spacial score (nSPS) is 19.7. The molecule has 0 spiro atoms. The van der Waals surface area contributed by atoms with Crippen LogP contribution in [0.3, 0.4) is 0 Å². The van der Waals surface area contributed by atoms with Crippen molar-refractivity contribution in [2.75, 3.05) is 19.6 Å². The van der Waals surface area contributed by atoms with Gasteiger partial charge in [-0.25, -0.2) is 0 Å². The Kier molecular flexibility index (Phi) is 4.06. The number of hydrogen-bond acceptors (Lipinski definition) is 3. The SMILES string of the molecule is CC1CN(Cc2ccccc2)CCN1C(=O)c1ccco1. The van der Waals surface area contributed by atoms with Gasteiger partial charge in [0, 0.05) is 32.2 Å². The van der Waals surface area contributed by atoms with E-state index in [1.54, 1.807) is 18.4 Å². The summed E-state index contributed by atoms with van der Waals surface area (Å²) in [6.07, 6.45) is 1.55. The van der Waals surface area contributed by atoms with Crippen molar-refractivity contribution >= 4 is 5.91 Å². The van der Waals surface area contributed by atoms with E-state index in [1.807, 2.05) is 11.0 Å². The van der Waals surface area contributed by atoms with Crippen LogP contribution >= 0.6 is 0 Å². The van der Waals surface area contributed by atoms with Gasteiger partial charge in [-0.2, -0.15) is 0 Å². The van der Waals surface area contributed by atoms with Crippen LogP contribution in [0, 0.1) is 0 Å². The lowest BCUT2D eigenvalue weighted by Gasteiger charge is -2.39. The minimum atomic E-state index is -0.00754. The van der Waals surface area contributed by atoms with Gasteiger partial charge in [0.1, 0.15) is 0 Å². The molecule has 1 aromatic carbocycles. The monoisotopic (exact) mass is 284 g/mol. The molecule has 2 heterocycles. The number of carbonyl (C=O) groups is 1. The summed E-state index contributed by atoms with van der Waals surface area (Å²) in [6.45, 7) is 5.56. The van der Waals surface area contributed by atoms with Crippen molar-refractivity contribution in [3.63, 3.8) is 0 Å². The lowest BCUT2D eigenvalue weighted by atomic mass is 10.1. The zero-order chi connectivity index (χ0) is 14.7. The lowest BCUT2D eigenvalue weighted by Crippen LogP contribution is -2.53. The summed E-state index contributed by atoms with van der Waals surface area (Å²) in [5.74, 6) is 0.422. The Balaban J connectivity index is 1.61. The molecule has 4 heteroatoms. The number of amides is 1. The Bertz CT molecular complexity index is 580. The molecule has 3 rings (SSSR count). The predicted octanol–water partition coefficient (Wildman–Crippen LogP) is 2.63. The molecule has 1 aliphatic heterocycles. The third-order valence-corrected chi connectivity index (χ3v) is 3.95. The molecule has 1 fully saturated rings. The maximum atomic E-state index is 12.3. The highest BCUT2D eigenvalue weighted by molar-refractivity contribution is 5.91. The van der Waals surface area contributed by atoms with Crippen LogP contribution in [0.1, 0.15) is 23.0 Å². The van der Waals surface area contributed by atoms with Gasteiger partial charge in [-0.05, 0) is 24.6 Å². The Morgan fingerprint density at radius 3 is 2.67 bits per heavy atom. The van der Waals surface area contributed by atoms with Gasteiger partial charge >= 0.3 is 0 Å². The maximum absolute atomic E-state index is 12.3. The summed E-state index contributed by atoms with van der Waals surface area (Å²) in [4.78, 5) is 16.6. The number of piperazine rings is 1. The molecule has 0 aliphatic carbocycles. The molecular formula is C17H20N2O2. The molecule has 1 unspecified atom stereocenters. The number of rotatable bonds is 3. The van der Waals surface area contributed by atoms with Crippen LogP contribution in [-0.2, 0) is 6.54 Å². The second-order valence-electron chi connectivity index (χ2n) is 5.55. The van der Waals surface area contributed by atoms with Crippen LogP contribution in [0.15, 0.2) is 53.1 Å². The molecule has 2 aromatic rings. The van der Waals surface area contributed by atoms with Gasteiger partial charge in [-0.3, -0.25) is 9.69 Å². The Morgan fingerprint density at radius 1 is 1.19 bits per heavy atom. The number of carbonyl (C=O) groups excluding carboxylic acids is 1. The van der Waals surface area contributed by atoms with Crippen molar-refractivity contribution in [2.24, 2.45) is 0 Å². The first-order valence-corrected chi connectivity index (χ1v) is 7.35. The van der Waals surface area contributed by atoms with Gasteiger partial charge in [-0.1, -0.05) is 30.3 Å². The van der Waals surface area contributed by atoms with E-state index in [4.69, 9.17) is 4.42 Å². The zero-order valence-corrected chi connectivity index (χ0v) is 12.2. The van der Waals surface area contributed by atoms with Crippen molar-refractivity contribution in [2.45, 2.75) is 19.5 Å². The number of benzene rings is 1. The first-order valence-electron chi connectivity index (χ1n) is 7.35. The number of nitrogens with zero attached hydrogens (tertiary/aromatic N) is 2. The summed E-state index contributed by atoms with van der Waals surface area (Å²) in [5, 5.41) is 0. The van der Waals surface area contributed by atoms with E-state index in [0.29, 0.717) is 5.76 Å². The average Bonchev–Trinajstić information content (AvgIpc) is 3.02. The summed E-state index contributed by atoms with van der Waals surface area (Å²) in [6, 6.07) is 14.1. The third-order valence-electron chi connectivity index (χ3n) is 3.95. The van der Waals surface area contributed by atoms with Crippen LogP contribution in [0.2, 0.25) is 0 Å². The summed E-state index contributed by atoms with van der Waals surface area (Å²) < 4.78 is 5.21. The molecule has 1 aliphatic rings. The Hall–Kier alpha value is -2.07. The molecule has 110 valence electrons. The molecule has 1 aromatic heterocycles. The van der Waals surface area contributed by atoms with Crippen LogP contribution in [0.4, 0.5) is 0 Å². The topological polar surface area (TPSA) is 36.7 Å². The smallest absolute Gasteiger partial charge is 0.289 e. The molecule has 4 nitrogen and oxygen atoms in total. The standard InChI is InChI=1S/C17H20N2O2/c1-14-12-18(13-15-6-3-2-4-7-15)9-10-19(14)17(20)16-8-5-11-21-16/h2-8,11,14H,9-10,12-13H2,1H3. The van der Waals surface area contributed by atoms with E-state index < -0.39 is 0 Å². The van der Waals surface area contributed by atoms with Crippen LogP contribution < -0.4 is 0 Å². The summed E-state index contributed by atoms with van der Waals surface area (Å²) >= 11 is 0. The lowest BCUT2D eigenvalue weighted by molar-refractivity contribution is 0.0447. The minimum absolute atomic E-state index is 0.00754. The highest BCUT2D eigenvalue weighted by Crippen LogP contribution is 2.16. The van der Waals surface area contributed by atoms with Crippen molar-refractivity contribution in [1.82, 2.24) is 9.80 Å². The molecule has 1 saturated heterocycles. The average molecular weight is 284 g/mol. The number of hydrogen-bond donors (Lipinski definition) is 0. The molecular weight excluding hydrogens is 264 g/mol. The zero-order valence-electron chi connectivity index (χ0n) is 12.2. The van der Waals surface area contributed by atoms with Crippen molar-refractivity contribution in [1.29, 1.82) is 0 Å². The van der Waals surface area contributed by atoms with Gasteiger partial charge in [0.05, 0.1) is 6.26 Å². The second-order valence-corrected chi connectivity index (χ2v) is 5.55. The maximum Gasteiger partial charge on any atom is 0.289 e. The fourth-order valence-electron chi connectivity index (χ4n) is 2.86. The van der Waals surface area contributed by atoms with Crippen LogP contribution in [0.5, 0.6) is 0 Å². The Morgan fingerprint density at radius 2 is 2.00 bits per heavy atom. The first kappa shape index (κ1) is 13.9. The van der Waals surface area contributed by atoms with Crippen molar-refractivity contribution in [3.8, 4) is 0 Å². The van der Waals surface area contributed by atoms with Gasteiger partial charge < -0.3 is 9.32 Å². The largest absolute Gasteiger partial charge is 0.459 e. The van der Waals surface area contributed by atoms with Gasteiger partial charge in [-0.15, -0.1) is 0 Å². The fourth-order valence-corrected chi connectivity index (χ4v) is 2.86. The predicted molar refractivity (Wildman–Crippen MR) is 80.9 cm³/mol.